The molecule has 3 amide bonds. The quantitative estimate of drug-likeness (QED) is 0.742. The van der Waals surface area contributed by atoms with E-state index in [1.54, 1.807) is 30.3 Å². The summed E-state index contributed by atoms with van der Waals surface area (Å²) in [5.74, 6) is -0.222. The lowest BCUT2D eigenvalue weighted by atomic mass is 10.1. The highest BCUT2D eigenvalue weighted by Gasteiger charge is 2.13. The highest BCUT2D eigenvalue weighted by molar-refractivity contribution is 6.30. The van der Waals surface area contributed by atoms with Crippen molar-refractivity contribution in [2.24, 2.45) is 0 Å². The van der Waals surface area contributed by atoms with Crippen molar-refractivity contribution < 1.29 is 9.59 Å². The van der Waals surface area contributed by atoms with Crippen LogP contribution in [0, 0.1) is 0 Å². The normalized spacial score (nSPS) is 11.7. The number of carbonyl (C=O) groups excluding carboxylic acids is 2. The molecule has 1 unspecified atom stereocenters. The van der Waals surface area contributed by atoms with Gasteiger partial charge in [-0.15, -0.1) is 0 Å². The summed E-state index contributed by atoms with van der Waals surface area (Å²) in [6.45, 7) is 5.64. The first-order chi connectivity index (χ1) is 11.8. The Hall–Kier alpha value is -2.53. The van der Waals surface area contributed by atoms with E-state index < -0.39 is 0 Å². The maximum Gasteiger partial charge on any atom is 0.319 e. The van der Waals surface area contributed by atoms with E-state index >= 15 is 0 Å². The summed E-state index contributed by atoms with van der Waals surface area (Å²) in [4.78, 5) is 24.2. The molecule has 2 rings (SSSR count). The Balaban J connectivity index is 2.04. The third-order valence-electron chi connectivity index (χ3n) is 3.50. The molecular formula is C19H22ClN3O2. The van der Waals surface area contributed by atoms with E-state index in [0.717, 1.165) is 5.56 Å². The molecule has 0 radical (unpaired) electrons. The molecule has 0 bridgehead atoms. The third-order valence-corrected chi connectivity index (χ3v) is 3.73. The number of urea groups is 1. The SMILES string of the molecule is CC(C)NC(=O)Nc1cccc(C(=O)NC(C)c2cccc(Cl)c2)c1. The smallest absolute Gasteiger partial charge is 0.319 e. The molecule has 1 atom stereocenters. The predicted molar refractivity (Wildman–Crippen MR) is 101 cm³/mol. The Bertz CT molecular complexity index is 762. The molecule has 0 heterocycles. The fraction of sp³-hybridized carbons (Fsp3) is 0.263. The minimum atomic E-state index is -0.306. The van der Waals surface area contributed by atoms with Gasteiger partial charge in [-0.25, -0.2) is 4.79 Å². The Morgan fingerprint density at radius 2 is 1.68 bits per heavy atom. The Labute approximate surface area is 152 Å². The minimum Gasteiger partial charge on any atom is -0.346 e. The standard InChI is InChI=1S/C19H22ClN3O2/c1-12(2)21-19(25)23-17-9-5-7-15(11-17)18(24)22-13(3)14-6-4-8-16(20)10-14/h4-13H,1-3H3,(H,22,24)(H2,21,23,25). The van der Waals surface area contributed by atoms with Crippen LogP contribution in [-0.4, -0.2) is 18.0 Å². The number of hydrogen-bond acceptors (Lipinski definition) is 2. The highest BCUT2D eigenvalue weighted by Crippen LogP contribution is 2.18. The average molecular weight is 360 g/mol. The molecule has 132 valence electrons. The molecule has 0 fully saturated rings. The summed E-state index contributed by atoms with van der Waals surface area (Å²) in [7, 11) is 0. The molecule has 0 aliphatic carbocycles. The van der Waals surface area contributed by atoms with Crippen molar-refractivity contribution in [2.75, 3.05) is 5.32 Å². The lowest BCUT2D eigenvalue weighted by Crippen LogP contribution is -2.34. The zero-order valence-corrected chi connectivity index (χ0v) is 15.2. The lowest BCUT2D eigenvalue weighted by Gasteiger charge is -2.15. The van der Waals surface area contributed by atoms with Crippen LogP contribution in [0.2, 0.25) is 5.02 Å². The van der Waals surface area contributed by atoms with Crippen molar-refractivity contribution in [3.8, 4) is 0 Å². The molecule has 0 spiro atoms. The Kier molecular flexibility index (Phi) is 6.42. The minimum absolute atomic E-state index is 0.0324. The lowest BCUT2D eigenvalue weighted by molar-refractivity contribution is 0.0940. The second kappa shape index (κ2) is 8.53. The van der Waals surface area contributed by atoms with Gasteiger partial charge in [0.25, 0.3) is 5.91 Å². The number of hydrogen-bond donors (Lipinski definition) is 3. The summed E-state index contributed by atoms with van der Waals surface area (Å²) in [6.07, 6.45) is 0. The van der Waals surface area contributed by atoms with E-state index in [2.05, 4.69) is 16.0 Å². The molecule has 5 nitrogen and oxygen atoms in total. The number of benzene rings is 2. The van der Waals surface area contributed by atoms with Gasteiger partial charge in [0, 0.05) is 22.3 Å². The fourth-order valence-corrected chi connectivity index (χ4v) is 2.51. The van der Waals surface area contributed by atoms with Crippen LogP contribution in [0.4, 0.5) is 10.5 Å². The molecule has 25 heavy (non-hydrogen) atoms. The Morgan fingerprint density at radius 1 is 0.960 bits per heavy atom. The van der Waals surface area contributed by atoms with Crippen molar-refractivity contribution in [3.05, 3.63) is 64.7 Å². The van der Waals surface area contributed by atoms with E-state index in [4.69, 9.17) is 11.6 Å². The number of halogens is 1. The molecule has 6 heteroatoms. The first-order valence-corrected chi connectivity index (χ1v) is 8.47. The summed E-state index contributed by atoms with van der Waals surface area (Å²) in [6, 6.07) is 13.7. The molecule has 0 aliphatic heterocycles. The first kappa shape index (κ1) is 18.8. The Morgan fingerprint density at radius 3 is 2.36 bits per heavy atom. The van der Waals surface area contributed by atoms with Gasteiger partial charge in [-0.1, -0.05) is 29.8 Å². The van der Waals surface area contributed by atoms with Gasteiger partial charge in [0.15, 0.2) is 0 Å². The van der Waals surface area contributed by atoms with E-state index in [9.17, 15) is 9.59 Å². The fourth-order valence-electron chi connectivity index (χ4n) is 2.31. The molecule has 0 aliphatic rings. The molecule has 0 saturated heterocycles. The van der Waals surface area contributed by atoms with Crippen LogP contribution >= 0.6 is 11.6 Å². The molecule has 0 aromatic heterocycles. The summed E-state index contributed by atoms with van der Waals surface area (Å²) < 4.78 is 0. The van der Waals surface area contributed by atoms with Crippen LogP contribution in [0.1, 0.15) is 42.7 Å². The number of amides is 3. The van der Waals surface area contributed by atoms with Crippen LogP contribution in [0.3, 0.4) is 0 Å². The van der Waals surface area contributed by atoms with E-state index in [0.29, 0.717) is 16.3 Å². The number of rotatable bonds is 5. The van der Waals surface area contributed by atoms with Crippen molar-refractivity contribution in [1.82, 2.24) is 10.6 Å². The van der Waals surface area contributed by atoms with Gasteiger partial charge >= 0.3 is 6.03 Å². The predicted octanol–water partition coefficient (Wildman–Crippen LogP) is 4.36. The van der Waals surface area contributed by atoms with Crippen LogP contribution in [0.5, 0.6) is 0 Å². The van der Waals surface area contributed by atoms with Gasteiger partial charge in [-0.05, 0) is 56.7 Å². The molecular weight excluding hydrogens is 338 g/mol. The van der Waals surface area contributed by atoms with Crippen molar-refractivity contribution >= 4 is 29.2 Å². The van der Waals surface area contributed by atoms with Gasteiger partial charge in [0.2, 0.25) is 0 Å². The zero-order valence-electron chi connectivity index (χ0n) is 14.5. The van der Waals surface area contributed by atoms with Crippen molar-refractivity contribution in [2.45, 2.75) is 32.9 Å². The van der Waals surface area contributed by atoms with Crippen molar-refractivity contribution in [3.63, 3.8) is 0 Å². The third kappa shape index (κ3) is 5.80. The van der Waals surface area contributed by atoms with Crippen LogP contribution < -0.4 is 16.0 Å². The van der Waals surface area contributed by atoms with Crippen molar-refractivity contribution in [1.29, 1.82) is 0 Å². The summed E-state index contributed by atoms with van der Waals surface area (Å²) in [5.41, 5.74) is 1.95. The maximum atomic E-state index is 12.5. The van der Waals surface area contributed by atoms with Gasteiger partial charge in [0.1, 0.15) is 0 Å². The van der Waals surface area contributed by atoms with Crippen LogP contribution in [0.15, 0.2) is 48.5 Å². The van der Waals surface area contributed by atoms with E-state index in [1.807, 2.05) is 39.0 Å². The van der Waals surface area contributed by atoms with Gasteiger partial charge in [-0.3, -0.25) is 4.79 Å². The number of anilines is 1. The average Bonchev–Trinajstić information content (AvgIpc) is 2.54. The van der Waals surface area contributed by atoms with Gasteiger partial charge < -0.3 is 16.0 Å². The molecule has 2 aromatic carbocycles. The van der Waals surface area contributed by atoms with Gasteiger partial charge in [-0.2, -0.15) is 0 Å². The van der Waals surface area contributed by atoms with E-state index in [1.165, 1.54) is 0 Å². The van der Waals surface area contributed by atoms with Crippen LogP contribution in [0.25, 0.3) is 0 Å². The summed E-state index contributed by atoms with van der Waals surface area (Å²) >= 11 is 5.99. The monoisotopic (exact) mass is 359 g/mol. The second-order valence-electron chi connectivity index (χ2n) is 6.08. The first-order valence-electron chi connectivity index (χ1n) is 8.09. The zero-order chi connectivity index (χ0) is 18.4. The molecule has 2 aromatic rings. The topological polar surface area (TPSA) is 70.2 Å². The highest BCUT2D eigenvalue weighted by atomic mass is 35.5. The van der Waals surface area contributed by atoms with Crippen LogP contribution in [-0.2, 0) is 0 Å². The second-order valence-corrected chi connectivity index (χ2v) is 6.52. The number of nitrogens with one attached hydrogen (secondary N) is 3. The maximum absolute atomic E-state index is 12.5. The molecule has 3 N–H and O–H groups in total. The largest absolute Gasteiger partial charge is 0.346 e. The number of carbonyl (C=O) groups is 2. The van der Waals surface area contributed by atoms with E-state index in [-0.39, 0.29) is 24.0 Å². The molecule has 0 saturated carbocycles. The summed E-state index contributed by atoms with van der Waals surface area (Å²) in [5, 5.41) is 9.00. The van der Waals surface area contributed by atoms with Gasteiger partial charge in [0.05, 0.1) is 6.04 Å².